The lowest BCUT2D eigenvalue weighted by molar-refractivity contribution is 0.418. The summed E-state index contributed by atoms with van der Waals surface area (Å²) in [5.41, 5.74) is 0.741. The van der Waals surface area contributed by atoms with Crippen molar-refractivity contribution in [1.82, 2.24) is 0 Å². The monoisotopic (exact) mass is 298 g/mol. The van der Waals surface area contributed by atoms with Gasteiger partial charge in [-0.2, -0.15) is 8.42 Å². The lowest BCUT2D eigenvalue weighted by atomic mass is 9.90. The van der Waals surface area contributed by atoms with Crippen LogP contribution in [0.4, 0.5) is 0 Å². The van der Waals surface area contributed by atoms with Crippen molar-refractivity contribution in [3.63, 3.8) is 0 Å². The second-order valence-electron chi connectivity index (χ2n) is 5.44. The molecule has 0 radical (unpaired) electrons. The molecule has 1 rings (SSSR count). The molecule has 114 valence electrons. The van der Waals surface area contributed by atoms with Crippen LogP contribution in [-0.4, -0.2) is 13.0 Å². The Kier molecular flexibility index (Phi) is 7.24. The van der Waals surface area contributed by atoms with Crippen molar-refractivity contribution in [3.05, 3.63) is 29.8 Å². The third kappa shape index (κ3) is 5.63. The molecule has 0 aliphatic heterocycles. The molecule has 1 unspecified atom stereocenters. The molecule has 0 saturated carbocycles. The van der Waals surface area contributed by atoms with Crippen molar-refractivity contribution in [3.8, 4) is 0 Å². The normalized spacial score (nSPS) is 13.3. The second kappa shape index (κ2) is 8.42. The summed E-state index contributed by atoms with van der Waals surface area (Å²) in [5.74, 6) is 0.495. The summed E-state index contributed by atoms with van der Waals surface area (Å²) in [6.45, 7) is 4.34. The number of unbranched alkanes of at least 4 members (excludes halogenated alkanes) is 2. The van der Waals surface area contributed by atoms with E-state index in [2.05, 4.69) is 13.8 Å². The molecule has 0 aliphatic carbocycles. The van der Waals surface area contributed by atoms with Crippen LogP contribution < -0.4 is 0 Å². The lowest BCUT2D eigenvalue weighted by Crippen LogP contribution is -2.09. The molecule has 0 spiro atoms. The first-order chi connectivity index (χ1) is 9.49. The number of hydrogen-bond donors (Lipinski definition) is 1. The highest BCUT2D eigenvalue weighted by Crippen LogP contribution is 2.24. The molecule has 1 atom stereocenters. The van der Waals surface area contributed by atoms with Gasteiger partial charge in [0.2, 0.25) is 0 Å². The van der Waals surface area contributed by atoms with E-state index in [1.165, 1.54) is 25.3 Å². The predicted molar refractivity (Wildman–Crippen MR) is 82.5 cm³/mol. The van der Waals surface area contributed by atoms with E-state index in [1.54, 1.807) is 6.07 Å². The first kappa shape index (κ1) is 17.2. The van der Waals surface area contributed by atoms with Crippen LogP contribution in [0.15, 0.2) is 29.2 Å². The Labute approximate surface area is 123 Å². The molecule has 0 aromatic heterocycles. The van der Waals surface area contributed by atoms with Crippen molar-refractivity contribution < 1.29 is 13.0 Å². The summed E-state index contributed by atoms with van der Waals surface area (Å²) in [4.78, 5) is 0.0663. The average Bonchev–Trinajstić information content (AvgIpc) is 2.38. The van der Waals surface area contributed by atoms with Gasteiger partial charge in [0.05, 0.1) is 4.90 Å². The molecule has 0 heterocycles. The van der Waals surface area contributed by atoms with Gasteiger partial charge in [0.15, 0.2) is 0 Å². The van der Waals surface area contributed by atoms with Gasteiger partial charge in [-0.1, -0.05) is 70.6 Å². The summed E-state index contributed by atoms with van der Waals surface area (Å²) in [6.07, 6.45) is 7.67. The van der Waals surface area contributed by atoms with Crippen LogP contribution >= 0.6 is 0 Å². The summed E-state index contributed by atoms with van der Waals surface area (Å²) in [7, 11) is -4.12. The molecule has 3 nitrogen and oxygen atoms in total. The second-order valence-corrected chi connectivity index (χ2v) is 6.83. The summed E-state index contributed by atoms with van der Waals surface area (Å²) in [6, 6.07) is 6.78. The first-order valence-electron chi connectivity index (χ1n) is 7.54. The van der Waals surface area contributed by atoms with Crippen molar-refractivity contribution in [1.29, 1.82) is 0 Å². The zero-order valence-electron chi connectivity index (χ0n) is 12.5. The van der Waals surface area contributed by atoms with Gasteiger partial charge >= 0.3 is 0 Å². The van der Waals surface area contributed by atoms with Crippen LogP contribution in [0.3, 0.4) is 0 Å². The number of hydrogen-bond acceptors (Lipinski definition) is 2. The van der Waals surface area contributed by atoms with E-state index < -0.39 is 10.1 Å². The quantitative estimate of drug-likeness (QED) is 0.540. The van der Waals surface area contributed by atoms with Crippen LogP contribution in [0.5, 0.6) is 0 Å². The zero-order valence-corrected chi connectivity index (χ0v) is 13.3. The number of benzene rings is 1. The highest BCUT2D eigenvalue weighted by atomic mass is 32.2. The van der Waals surface area contributed by atoms with Crippen LogP contribution in [-0.2, 0) is 16.5 Å². The molecule has 1 aromatic carbocycles. The van der Waals surface area contributed by atoms with Crippen LogP contribution in [0, 0.1) is 5.92 Å². The Hall–Kier alpha value is -0.870. The van der Waals surface area contributed by atoms with E-state index in [0.29, 0.717) is 5.92 Å². The molecule has 4 heteroatoms. The Morgan fingerprint density at radius 1 is 1.05 bits per heavy atom. The Morgan fingerprint density at radius 2 is 1.75 bits per heavy atom. The third-order valence-corrected chi connectivity index (χ3v) is 4.63. The van der Waals surface area contributed by atoms with E-state index in [1.807, 2.05) is 12.1 Å². The van der Waals surface area contributed by atoms with E-state index >= 15 is 0 Å². The maximum Gasteiger partial charge on any atom is 0.294 e. The topological polar surface area (TPSA) is 54.4 Å². The van der Waals surface area contributed by atoms with Gasteiger partial charge in [-0.15, -0.1) is 0 Å². The van der Waals surface area contributed by atoms with Crippen molar-refractivity contribution in [2.75, 3.05) is 0 Å². The minimum Gasteiger partial charge on any atom is -0.282 e. The first-order valence-corrected chi connectivity index (χ1v) is 8.98. The highest BCUT2D eigenvalue weighted by molar-refractivity contribution is 7.85. The molecular weight excluding hydrogens is 272 g/mol. The molecule has 0 aliphatic rings. The fourth-order valence-corrected chi connectivity index (χ4v) is 3.41. The summed E-state index contributed by atoms with van der Waals surface area (Å²) in [5, 5.41) is 0. The Morgan fingerprint density at radius 3 is 2.35 bits per heavy atom. The minimum atomic E-state index is -4.12. The molecule has 0 saturated heterocycles. The fraction of sp³-hybridized carbons (Fsp3) is 0.625. The van der Waals surface area contributed by atoms with Crippen molar-refractivity contribution >= 4 is 10.1 Å². The van der Waals surface area contributed by atoms with Gasteiger partial charge < -0.3 is 0 Å². The minimum absolute atomic E-state index is 0.0663. The zero-order chi connectivity index (χ0) is 15.0. The Balaban J connectivity index is 2.83. The van der Waals surface area contributed by atoms with Crippen molar-refractivity contribution in [2.45, 2.75) is 63.7 Å². The van der Waals surface area contributed by atoms with Gasteiger partial charge in [-0.25, -0.2) is 0 Å². The molecule has 20 heavy (non-hydrogen) atoms. The molecule has 0 fully saturated rings. The SMILES string of the molecule is CCCCCC(CCC)Cc1ccccc1S(=O)(=O)O. The van der Waals surface area contributed by atoms with Gasteiger partial charge in [-0.3, -0.25) is 4.55 Å². The van der Waals surface area contributed by atoms with Gasteiger partial charge in [0, 0.05) is 0 Å². The standard InChI is InChI=1S/C16H26O3S/c1-3-5-6-10-14(9-4-2)13-15-11-7-8-12-16(15)20(17,18)19/h7-8,11-12,14H,3-6,9-10,13H2,1-2H3,(H,17,18,19). The summed E-state index contributed by atoms with van der Waals surface area (Å²) >= 11 is 0. The van der Waals surface area contributed by atoms with Gasteiger partial charge in [-0.05, 0) is 24.0 Å². The molecule has 1 N–H and O–H groups in total. The molecule has 1 aromatic rings. The summed E-state index contributed by atoms with van der Waals surface area (Å²) < 4.78 is 32.1. The van der Waals surface area contributed by atoms with E-state index in [0.717, 1.165) is 31.2 Å². The molecule has 0 bridgehead atoms. The third-order valence-electron chi connectivity index (χ3n) is 3.67. The largest absolute Gasteiger partial charge is 0.294 e. The van der Waals surface area contributed by atoms with Crippen LogP contribution in [0.1, 0.15) is 57.9 Å². The predicted octanol–water partition coefficient (Wildman–Crippen LogP) is 4.47. The average molecular weight is 298 g/mol. The fourth-order valence-electron chi connectivity index (χ4n) is 2.67. The van der Waals surface area contributed by atoms with E-state index in [9.17, 15) is 13.0 Å². The van der Waals surface area contributed by atoms with Gasteiger partial charge in [0.25, 0.3) is 10.1 Å². The van der Waals surface area contributed by atoms with Crippen LogP contribution in [0.25, 0.3) is 0 Å². The number of rotatable bonds is 9. The molecule has 0 amide bonds. The Bertz CT molecular complexity index is 494. The lowest BCUT2D eigenvalue weighted by Gasteiger charge is -2.17. The maximum atomic E-state index is 11.4. The van der Waals surface area contributed by atoms with Crippen molar-refractivity contribution in [2.24, 2.45) is 5.92 Å². The smallest absolute Gasteiger partial charge is 0.282 e. The molecular formula is C16H26O3S. The van der Waals surface area contributed by atoms with Gasteiger partial charge in [0.1, 0.15) is 0 Å². The maximum absolute atomic E-state index is 11.4. The highest BCUT2D eigenvalue weighted by Gasteiger charge is 2.17. The van der Waals surface area contributed by atoms with Crippen LogP contribution in [0.2, 0.25) is 0 Å². The van der Waals surface area contributed by atoms with E-state index in [-0.39, 0.29) is 4.90 Å². The van der Waals surface area contributed by atoms with E-state index in [4.69, 9.17) is 0 Å².